The standard InChI is InChI=1S/C26H39NO3/c1-27(2)14-8-4-7-11-20-15-21-17-24(29)26(23(21)16-20)25(30)18-22(28)13-12-19-9-5-3-6-10-19/h3,5-6,9-10,15,21,23-26,29-30H,4,7-8,11-14,16-18H2,1-2H3/t21-,23-,24+,25+,26+/m0/s1. The molecule has 0 saturated heterocycles. The molecule has 0 unspecified atom stereocenters. The van der Waals surface area contributed by atoms with E-state index < -0.39 is 12.2 Å². The molecule has 30 heavy (non-hydrogen) atoms. The van der Waals surface area contributed by atoms with Crippen LogP contribution in [0, 0.1) is 17.8 Å². The van der Waals surface area contributed by atoms with E-state index in [1.807, 2.05) is 30.3 Å². The third kappa shape index (κ3) is 6.50. The van der Waals surface area contributed by atoms with E-state index in [4.69, 9.17) is 0 Å². The summed E-state index contributed by atoms with van der Waals surface area (Å²) < 4.78 is 0. The first-order chi connectivity index (χ1) is 14.4. The van der Waals surface area contributed by atoms with Gasteiger partial charge in [-0.1, -0.05) is 48.4 Å². The minimum atomic E-state index is -0.730. The molecular formula is C26H39NO3. The second-order valence-corrected chi connectivity index (χ2v) is 9.65. The van der Waals surface area contributed by atoms with E-state index in [2.05, 4.69) is 25.1 Å². The van der Waals surface area contributed by atoms with Gasteiger partial charge in [-0.3, -0.25) is 4.79 Å². The Balaban J connectivity index is 1.43. The van der Waals surface area contributed by atoms with Crippen molar-refractivity contribution in [1.82, 2.24) is 4.90 Å². The zero-order valence-electron chi connectivity index (χ0n) is 18.7. The van der Waals surface area contributed by atoms with Crippen molar-refractivity contribution in [2.75, 3.05) is 20.6 Å². The number of fused-ring (bicyclic) bond motifs is 1. The zero-order chi connectivity index (χ0) is 21.5. The molecule has 0 radical (unpaired) electrons. The highest BCUT2D eigenvalue weighted by Gasteiger charge is 2.47. The summed E-state index contributed by atoms with van der Waals surface area (Å²) in [6, 6.07) is 10.00. The summed E-state index contributed by atoms with van der Waals surface area (Å²) in [5, 5.41) is 21.4. The molecule has 0 amide bonds. The van der Waals surface area contributed by atoms with Crippen LogP contribution < -0.4 is 0 Å². The molecule has 5 atom stereocenters. The van der Waals surface area contributed by atoms with Crippen molar-refractivity contribution in [3.8, 4) is 0 Å². The number of hydrogen-bond donors (Lipinski definition) is 2. The number of nitrogens with zero attached hydrogens (tertiary/aromatic N) is 1. The van der Waals surface area contributed by atoms with Crippen molar-refractivity contribution < 1.29 is 15.0 Å². The number of ketones is 1. The number of unbranched alkanes of at least 4 members (excludes halogenated alkanes) is 2. The molecule has 0 aliphatic heterocycles. The minimum absolute atomic E-state index is 0.0917. The average molecular weight is 414 g/mol. The summed E-state index contributed by atoms with van der Waals surface area (Å²) in [6.07, 6.45) is 9.02. The highest BCUT2D eigenvalue weighted by molar-refractivity contribution is 5.79. The Morgan fingerprint density at radius 1 is 1.13 bits per heavy atom. The lowest BCUT2D eigenvalue weighted by molar-refractivity contribution is -0.122. The van der Waals surface area contributed by atoms with Crippen LogP contribution in [0.1, 0.15) is 56.9 Å². The fraction of sp³-hybridized carbons (Fsp3) is 0.654. The van der Waals surface area contributed by atoms with Crippen molar-refractivity contribution in [3.05, 3.63) is 47.5 Å². The molecule has 2 aliphatic rings. The van der Waals surface area contributed by atoms with E-state index in [1.165, 1.54) is 24.8 Å². The zero-order valence-corrected chi connectivity index (χ0v) is 18.7. The van der Waals surface area contributed by atoms with Gasteiger partial charge in [0.05, 0.1) is 12.2 Å². The number of benzene rings is 1. The van der Waals surface area contributed by atoms with Gasteiger partial charge >= 0.3 is 0 Å². The van der Waals surface area contributed by atoms with Gasteiger partial charge in [0, 0.05) is 18.8 Å². The number of rotatable bonds is 12. The summed E-state index contributed by atoms with van der Waals surface area (Å²) in [4.78, 5) is 14.7. The lowest BCUT2D eigenvalue weighted by Crippen LogP contribution is -2.34. The molecule has 0 bridgehead atoms. The van der Waals surface area contributed by atoms with Gasteiger partial charge in [0.15, 0.2) is 0 Å². The molecule has 1 fully saturated rings. The van der Waals surface area contributed by atoms with Gasteiger partial charge in [-0.25, -0.2) is 0 Å². The number of aryl methyl sites for hydroxylation is 1. The van der Waals surface area contributed by atoms with E-state index in [-0.39, 0.29) is 18.1 Å². The normalized spacial score (nSPS) is 26.6. The number of hydrogen-bond acceptors (Lipinski definition) is 4. The lowest BCUT2D eigenvalue weighted by atomic mass is 9.83. The van der Waals surface area contributed by atoms with Crippen LogP contribution in [0.15, 0.2) is 42.0 Å². The van der Waals surface area contributed by atoms with Gasteiger partial charge in [0.1, 0.15) is 5.78 Å². The third-order valence-corrected chi connectivity index (χ3v) is 6.97. The topological polar surface area (TPSA) is 60.8 Å². The molecule has 0 heterocycles. The summed E-state index contributed by atoms with van der Waals surface area (Å²) in [5.74, 6) is 0.594. The Hall–Kier alpha value is -1.49. The van der Waals surface area contributed by atoms with E-state index in [0.717, 1.165) is 31.4 Å². The molecule has 166 valence electrons. The first-order valence-electron chi connectivity index (χ1n) is 11.7. The smallest absolute Gasteiger partial charge is 0.135 e. The number of aliphatic hydroxyl groups is 2. The predicted molar refractivity (Wildman–Crippen MR) is 121 cm³/mol. The van der Waals surface area contributed by atoms with Gasteiger partial charge in [-0.15, -0.1) is 0 Å². The predicted octanol–water partition coefficient (Wildman–Crippen LogP) is 4.00. The van der Waals surface area contributed by atoms with Crippen LogP contribution >= 0.6 is 0 Å². The third-order valence-electron chi connectivity index (χ3n) is 6.97. The van der Waals surface area contributed by atoms with Crippen molar-refractivity contribution in [1.29, 1.82) is 0 Å². The van der Waals surface area contributed by atoms with Crippen LogP contribution in [0.25, 0.3) is 0 Å². The molecule has 0 aromatic heterocycles. The molecule has 1 aromatic carbocycles. The summed E-state index contributed by atoms with van der Waals surface area (Å²) in [7, 11) is 4.23. The van der Waals surface area contributed by atoms with Gasteiger partial charge in [0.2, 0.25) is 0 Å². The SMILES string of the molecule is CN(C)CCCCCC1=C[C@H]2C[C@@H](O)[C@H]([C@H](O)CC(=O)CCc3ccccc3)[C@H]2C1. The fourth-order valence-electron chi connectivity index (χ4n) is 5.42. The van der Waals surface area contributed by atoms with E-state index in [9.17, 15) is 15.0 Å². The maximum absolute atomic E-state index is 12.4. The molecule has 2 N–H and O–H groups in total. The van der Waals surface area contributed by atoms with Gasteiger partial charge in [-0.2, -0.15) is 0 Å². The van der Waals surface area contributed by atoms with E-state index in [1.54, 1.807) is 0 Å². The molecule has 0 spiro atoms. The van der Waals surface area contributed by atoms with Crippen LogP contribution in [-0.2, 0) is 11.2 Å². The Morgan fingerprint density at radius 2 is 1.90 bits per heavy atom. The first-order valence-corrected chi connectivity index (χ1v) is 11.7. The Bertz CT molecular complexity index is 699. The van der Waals surface area contributed by atoms with Crippen LogP contribution in [0.4, 0.5) is 0 Å². The molecule has 1 aromatic rings. The number of carbonyl (C=O) groups is 1. The van der Waals surface area contributed by atoms with Crippen LogP contribution in [-0.4, -0.2) is 53.7 Å². The summed E-state index contributed by atoms with van der Waals surface area (Å²) >= 11 is 0. The molecule has 1 saturated carbocycles. The second-order valence-electron chi connectivity index (χ2n) is 9.65. The highest BCUT2D eigenvalue weighted by Crippen LogP contribution is 2.49. The van der Waals surface area contributed by atoms with Gasteiger partial charge < -0.3 is 15.1 Å². The summed E-state index contributed by atoms with van der Waals surface area (Å²) in [6.45, 7) is 1.14. The van der Waals surface area contributed by atoms with Crippen molar-refractivity contribution >= 4 is 5.78 Å². The van der Waals surface area contributed by atoms with Crippen molar-refractivity contribution in [2.24, 2.45) is 17.8 Å². The number of allylic oxidation sites excluding steroid dienone is 2. The van der Waals surface area contributed by atoms with Gasteiger partial charge in [0.25, 0.3) is 0 Å². The fourth-order valence-corrected chi connectivity index (χ4v) is 5.42. The first kappa shape index (κ1) is 23.2. The van der Waals surface area contributed by atoms with Gasteiger partial charge in [-0.05, 0) is 76.6 Å². The van der Waals surface area contributed by atoms with Crippen LogP contribution in [0.5, 0.6) is 0 Å². The molecule has 2 aliphatic carbocycles. The maximum atomic E-state index is 12.4. The monoisotopic (exact) mass is 413 g/mol. The maximum Gasteiger partial charge on any atom is 0.135 e. The Labute approximate surface area is 182 Å². The van der Waals surface area contributed by atoms with E-state index in [0.29, 0.717) is 24.7 Å². The highest BCUT2D eigenvalue weighted by atomic mass is 16.3. The number of Topliss-reactive ketones (excluding diaryl/α,β-unsaturated/α-hetero) is 1. The van der Waals surface area contributed by atoms with Crippen molar-refractivity contribution in [3.63, 3.8) is 0 Å². The molecule has 3 rings (SSSR count). The number of carbonyl (C=O) groups excluding carboxylic acids is 1. The Morgan fingerprint density at radius 3 is 2.63 bits per heavy atom. The Kier molecular flexibility index (Phi) is 8.67. The van der Waals surface area contributed by atoms with E-state index >= 15 is 0 Å². The molecule has 4 heteroatoms. The number of aliphatic hydroxyl groups excluding tert-OH is 2. The lowest BCUT2D eigenvalue weighted by Gasteiger charge is -2.26. The summed E-state index contributed by atoms with van der Waals surface area (Å²) in [5.41, 5.74) is 2.64. The quantitative estimate of drug-likeness (QED) is 0.402. The van der Waals surface area contributed by atoms with Crippen molar-refractivity contribution in [2.45, 2.75) is 70.0 Å². The molecule has 4 nitrogen and oxygen atoms in total. The minimum Gasteiger partial charge on any atom is -0.393 e. The van der Waals surface area contributed by atoms with Crippen LogP contribution in [0.3, 0.4) is 0 Å². The van der Waals surface area contributed by atoms with Crippen LogP contribution in [0.2, 0.25) is 0 Å². The molecular weight excluding hydrogens is 374 g/mol. The largest absolute Gasteiger partial charge is 0.393 e. The second kappa shape index (κ2) is 11.2. The average Bonchev–Trinajstić information content (AvgIpc) is 3.22.